The molecule has 10 heteroatoms. The molecule has 0 spiro atoms. The highest BCUT2D eigenvalue weighted by atomic mass is 35.5. The van der Waals surface area contributed by atoms with E-state index in [0.29, 0.717) is 40.2 Å². The summed E-state index contributed by atoms with van der Waals surface area (Å²) in [4.78, 5) is 32.6. The first kappa shape index (κ1) is 16.7. The zero-order valence-electron chi connectivity index (χ0n) is 15.9. The number of rotatable bonds is 4. The molecule has 9 nitrogen and oxygen atoms in total. The summed E-state index contributed by atoms with van der Waals surface area (Å²) in [5.41, 5.74) is 0.467. The molecule has 6 heterocycles. The lowest BCUT2D eigenvalue weighted by atomic mass is 10.1. The number of hydrogen-bond donors (Lipinski definition) is 0. The molecule has 0 aromatic carbocycles. The maximum atomic E-state index is 12.8. The van der Waals surface area contributed by atoms with Crippen LogP contribution in [0.15, 0.2) is 39.0 Å². The number of piperidine rings is 1. The summed E-state index contributed by atoms with van der Waals surface area (Å²) in [5.74, 6) is 3.58. The third-order valence-electron chi connectivity index (χ3n) is 7.03. The summed E-state index contributed by atoms with van der Waals surface area (Å²) in [6, 6.07) is 4.03. The fraction of sp³-hybridized carbons (Fsp3) is 0.400. The van der Waals surface area contributed by atoms with Gasteiger partial charge in [0, 0.05) is 41.9 Å². The first-order valence-electron chi connectivity index (χ1n) is 9.94. The Bertz CT molecular complexity index is 1310. The van der Waals surface area contributed by atoms with Crippen molar-refractivity contribution in [2.75, 3.05) is 11.4 Å². The Morgan fingerprint density at radius 2 is 2.27 bits per heavy atom. The zero-order chi connectivity index (χ0) is 20.2. The average molecular weight is 422 g/mol. The number of hydrogen-bond acceptors (Lipinski definition) is 8. The van der Waals surface area contributed by atoms with Crippen molar-refractivity contribution in [2.45, 2.75) is 30.8 Å². The highest BCUT2D eigenvalue weighted by molar-refractivity contribution is 6.30. The largest absolute Gasteiger partial charge is 0.352 e. The van der Waals surface area contributed by atoms with E-state index in [1.165, 1.54) is 10.9 Å². The molecule has 2 aliphatic carbocycles. The predicted octanol–water partition coefficient (Wildman–Crippen LogP) is 1.93. The van der Waals surface area contributed by atoms with E-state index in [0.717, 1.165) is 18.2 Å². The third-order valence-corrected chi connectivity index (χ3v) is 7.26. The first-order valence-corrected chi connectivity index (χ1v) is 10.3. The Morgan fingerprint density at radius 3 is 3.10 bits per heavy atom. The lowest BCUT2D eigenvalue weighted by Crippen LogP contribution is -2.25. The van der Waals surface area contributed by atoms with Crippen molar-refractivity contribution in [2.24, 2.45) is 16.8 Å². The first-order chi connectivity index (χ1) is 14.6. The van der Waals surface area contributed by atoms with Crippen LogP contribution in [-0.2, 0) is 12.0 Å². The number of pyridine rings is 1. The Morgan fingerprint density at radius 1 is 1.37 bits per heavy atom. The lowest BCUT2D eigenvalue weighted by Gasteiger charge is -2.17. The number of aliphatic imine (C=N–C) groups is 1. The number of halogens is 1. The predicted molar refractivity (Wildman–Crippen MR) is 108 cm³/mol. The van der Waals surface area contributed by atoms with Gasteiger partial charge < -0.3 is 9.42 Å². The van der Waals surface area contributed by atoms with Crippen molar-refractivity contribution >= 4 is 29.5 Å². The fourth-order valence-corrected chi connectivity index (χ4v) is 5.69. The van der Waals surface area contributed by atoms with Crippen LogP contribution in [0, 0.1) is 11.8 Å². The molecule has 3 aromatic heterocycles. The molecule has 3 aliphatic heterocycles. The number of aromatic nitrogens is 5. The van der Waals surface area contributed by atoms with Gasteiger partial charge in [0.25, 0.3) is 5.56 Å². The van der Waals surface area contributed by atoms with Gasteiger partial charge in [0.05, 0.1) is 11.0 Å². The Kier molecular flexibility index (Phi) is 2.97. The van der Waals surface area contributed by atoms with Crippen molar-refractivity contribution in [1.82, 2.24) is 24.7 Å². The second-order valence-electron chi connectivity index (χ2n) is 8.49. The molecular formula is C20H16ClN7O2. The van der Waals surface area contributed by atoms with E-state index in [1.807, 2.05) is 13.0 Å². The van der Waals surface area contributed by atoms with Gasteiger partial charge in [-0.1, -0.05) is 23.7 Å². The highest BCUT2D eigenvalue weighted by Crippen LogP contribution is 2.85. The molecule has 4 fully saturated rings. The minimum atomic E-state index is -0.114. The maximum absolute atomic E-state index is 12.8. The zero-order valence-corrected chi connectivity index (χ0v) is 16.7. The Labute approximate surface area is 175 Å². The molecule has 0 radical (unpaired) electrons. The SMILES string of the molecule is CC1C=Nc2ncn(Cc3nc([C@@]45C6[C@H]4[C@H]5CN6c4cc(Cl)ccn4)no3)c(=O)c21. The molecule has 30 heavy (non-hydrogen) atoms. The van der Waals surface area contributed by atoms with E-state index in [9.17, 15) is 4.79 Å². The molecule has 2 saturated carbocycles. The minimum Gasteiger partial charge on any atom is -0.352 e. The highest BCUT2D eigenvalue weighted by Gasteiger charge is 2.95. The van der Waals surface area contributed by atoms with Crippen LogP contribution < -0.4 is 10.5 Å². The number of fused-ring (bicyclic) bond motifs is 2. The van der Waals surface area contributed by atoms with Gasteiger partial charge >= 0.3 is 0 Å². The van der Waals surface area contributed by atoms with Crippen molar-refractivity contribution in [1.29, 1.82) is 0 Å². The van der Waals surface area contributed by atoms with Crippen molar-refractivity contribution < 1.29 is 4.52 Å². The number of nitrogens with zero attached hydrogens (tertiary/aromatic N) is 7. The van der Waals surface area contributed by atoms with Crippen molar-refractivity contribution in [3.8, 4) is 0 Å². The molecule has 5 atom stereocenters. The lowest BCUT2D eigenvalue weighted by molar-refractivity contribution is 0.361. The second kappa shape index (κ2) is 5.34. The van der Waals surface area contributed by atoms with Crippen LogP contribution in [-0.4, -0.2) is 43.5 Å². The van der Waals surface area contributed by atoms with Gasteiger partial charge in [0.15, 0.2) is 11.6 Å². The van der Waals surface area contributed by atoms with Gasteiger partial charge in [-0.2, -0.15) is 4.98 Å². The standard InChI is InChI=1S/C20H16ClN7O2/c1-9-5-23-17-14(9)18(29)27(8-24-17)7-13-25-19(26-30-13)20-11-6-28(16(20)15(11)20)12-4-10(21)2-3-22-12/h2-5,8-9,11,15-16H,6-7H2,1H3/t9?,11-,15-,16?,20-/m1/s1. The quantitative estimate of drug-likeness (QED) is 0.634. The monoisotopic (exact) mass is 421 g/mol. The molecular weight excluding hydrogens is 406 g/mol. The van der Waals surface area contributed by atoms with Crippen molar-refractivity contribution in [3.63, 3.8) is 0 Å². The summed E-state index contributed by atoms with van der Waals surface area (Å²) < 4.78 is 7.02. The van der Waals surface area contributed by atoms with E-state index in [2.05, 4.69) is 30.0 Å². The maximum Gasteiger partial charge on any atom is 0.259 e. The van der Waals surface area contributed by atoms with Gasteiger partial charge in [0.1, 0.15) is 18.7 Å². The van der Waals surface area contributed by atoms with Gasteiger partial charge in [-0.25, -0.2) is 15.0 Å². The van der Waals surface area contributed by atoms with Crippen LogP contribution in [0.1, 0.15) is 30.1 Å². The normalized spacial score (nSPS) is 31.7. The van der Waals surface area contributed by atoms with Gasteiger partial charge in [-0.05, 0) is 18.1 Å². The molecule has 150 valence electrons. The van der Waals surface area contributed by atoms with Crippen LogP contribution >= 0.6 is 11.6 Å². The smallest absolute Gasteiger partial charge is 0.259 e. The second-order valence-corrected chi connectivity index (χ2v) is 8.92. The molecule has 0 N–H and O–H groups in total. The van der Waals surface area contributed by atoms with Gasteiger partial charge in [-0.15, -0.1) is 0 Å². The molecule has 3 aromatic rings. The third kappa shape index (κ3) is 1.93. The van der Waals surface area contributed by atoms with Gasteiger partial charge in [-0.3, -0.25) is 9.36 Å². The van der Waals surface area contributed by atoms with Crippen molar-refractivity contribution in [3.05, 3.63) is 57.3 Å². The average Bonchev–Trinajstić information content (AvgIpc) is 3.21. The van der Waals surface area contributed by atoms with Crippen LogP contribution in [0.3, 0.4) is 0 Å². The number of anilines is 1. The van der Waals surface area contributed by atoms with Crippen LogP contribution in [0.4, 0.5) is 11.6 Å². The Hall–Kier alpha value is -3.07. The molecule has 2 bridgehead atoms. The van der Waals surface area contributed by atoms with Crippen LogP contribution in [0.25, 0.3) is 0 Å². The van der Waals surface area contributed by atoms with Crippen LogP contribution in [0.2, 0.25) is 5.02 Å². The molecule has 2 unspecified atom stereocenters. The topological polar surface area (TPSA) is 102 Å². The fourth-order valence-electron chi connectivity index (χ4n) is 5.53. The van der Waals surface area contributed by atoms with E-state index in [-0.39, 0.29) is 23.4 Å². The van der Waals surface area contributed by atoms with E-state index in [1.54, 1.807) is 18.5 Å². The van der Waals surface area contributed by atoms with E-state index >= 15 is 0 Å². The summed E-state index contributed by atoms with van der Waals surface area (Å²) in [5, 5.41) is 4.96. The molecule has 5 aliphatic rings. The van der Waals surface area contributed by atoms with E-state index < -0.39 is 0 Å². The molecule has 8 rings (SSSR count). The Balaban J connectivity index is 1.15. The summed E-state index contributed by atoms with van der Waals surface area (Å²) >= 11 is 6.13. The minimum absolute atomic E-state index is 0.0325. The van der Waals surface area contributed by atoms with E-state index in [4.69, 9.17) is 16.1 Å². The van der Waals surface area contributed by atoms with Crippen LogP contribution in [0.5, 0.6) is 0 Å². The summed E-state index contributed by atoms with van der Waals surface area (Å²) in [7, 11) is 0. The molecule has 2 saturated heterocycles. The molecule has 0 amide bonds. The summed E-state index contributed by atoms with van der Waals surface area (Å²) in [6.07, 6.45) is 4.96. The summed E-state index contributed by atoms with van der Waals surface area (Å²) in [6.45, 7) is 3.07. The van der Waals surface area contributed by atoms with Gasteiger partial charge in [0.2, 0.25) is 5.89 Å².